The van der Waals surface area contributed by atoms with Gasteiger partial charge in [-0.05, 0) is 43.3 Å². The number of anilines is 1. The summed E-state index contributed by atoms with van der Waals surface area (Å²) in [7, 11) is 0. The minimum atomic E-state index is -0.550. The smallest absolute Gasteiger partial charge is 0.252 e. The van der Waals surface area contributed by atoms with E-state index in [2.05, 4.69) is 5.32 Å². The van der Waals surface area contributed by atoms with Gasteiger partial charge in [-0.15, -0.1) is 0 Å². The number of carbonyl (C=O) groups is 1. The second-order valence-electron chi connectivity index (χ2n) is 4.29. The van der Waals surface area contributed by atoms with Gasteiger partial charge in [-0.25, -0.2) is 8.78 Å². The van der Waals surface area contributed by atoms with E-state index < -0.39 is 11.6 Å². The predicted octanol–water partition coefficient (Wildman–Crippen LogP) is 3.45. The third kappa shape index (κ3) is 3.72. The zero-order chi connectivity index (χ0) is 15.4. The second kappa shape index (κ2) is 6.58. The number of amides is 1. The van der Waals surface area contributed by atoms with E-state index >= 15 is 0 Å². The Morgan fingerprint density at radius 3 is 2.67 bits per heavy atom. The van der Waals surface area contributed by atoms with Crippen LogP contribution >= 0.6 is 11.8 Å². The van der Waals surface area contributed by atoms with Crippen LogP contribution in [0.5, 0.6) is 0 Å². The van der Waals surface area contributed by atoms with Gasteiger partial charge in [-0.2, -0.15) is 0 Å². The van der Waals surface area contributed by atoms with Gasteiger partial charge in [0.1, 0.15) is 11.6 Å². The monoisotopic (exact) mass is 308 g/mol. The Morgan fingerprint density at radius 1 is 1.19 bits per heavy atom. The molecule has 0 saturated carbocycles. The molecular weight excluding hydrogens is 294 g/mol. The molecule has 0 saturated heterocycles. The van der Waals surface area contributed by atoms with Crippen molar-refractivity contribution in [1.82, 2.24) is 5.32 Å². The van der Waals surface area contributed by atoms with Crippen molar-refractivity contribution in [2.24, 2.45) is 0 Å². The molecule has 0 atom stereocenters. The van der Waals surface area contributed by atoms with Gasteiger partial charge in [0.2, 0.25) is 0 Å². The molecule has 110 valence electrons. The Balaban J connectivity index is 2.40. The maximum absolute atomic E-state index is 13.7. The number of hydrogen-bond donors (Lipinski definition) is 2. The number of nitrogens with two attached hydrogens (primary N) is 1. The van der Waals surface area contributed by atoms with Crippen LogP contribution in [-0.2, 0) is 0 Å². The predicted molar refractivity (Wildman–Crippen MR) is 79.3 cm³/mol. The molecule has 0 aliphatic carbocycles. The molecule has 21 heavy (non-hydrogen) atoms. The molecule has 2 rings (SSSR count). The molecule has 0 heterocycles. The van der Waals surface area contributed by atoms with Crippen LogP contribution in [0.3, 0.4) is 0 Å². The first kappa shape index (κ1) is 15.3. The standard InChI is InChI=1S/C15H14F2N2OS/c1-2-19-15(20)11-5-4-10(18)8-13(11)21-14-7-9(16)3-6-12(14)17/h3-8H,2,18H2,1H3,(H,19,20). The van der Waals surface area contributed by atoms with Crippen LogP contribution in [0, 0.1) is 11.6 Å². The lowest BCUT2D eigenvalue weighted by Gasteiger charge is -2.10. The van der Waals surface area contributed by atoms with Crippen LogP contribution < -0.4 is 11.1 Å². The Morgan fingerprint density at radius 2 is 1.95 bits per heavy atom. The van der Waals surface area contributed by atoms with E-state index in [1.54, 1.807) is 25.1 Å². The molecule has 1 amide bonds. The summed E-state index contributed by atoms with van der Waals surface area (Å²) in [5.41, 5.74) is 6.53. The maximum Gasteiger partial charge on any atom is 0.252 e. The average Bonchev–Trinajstić information content (AvgIpc) is 2.43. The van der Waals surface area contributed by atoms with Crippen LogP contribution in [0.4, 0.5) is 14.5 Å². The van der Waals surface area contributed by atoms with Crippen molar-refractivity contribution in [2.75, 3.05) is 12.3 Å². The Bertz CT molecular complexity index is 677. The fourth-order valence-corrected chi connectivity index (χ4v) is 2.78. The van der Waals surface area contributed by atoms with Crippen molar-refractivity contribution < 1.29 is 13.6 Å². The largest absolute Gasteiger partial charge is 0.399 e. The molecule has 3 N–H and O–H groups in total. The van der Waals surface area contributed by atoms with Gasteiger partial charge in [-0.3, -0.25) is 4.79 Å². The van der Waals surface area contributed by atoms with Crippen molar-refractivity contribution in [1.29, 1.82) is 0 Å². The molecule has 2 aromatic carbocycles. The van der Waals surface area contributed by atoms with Gasteiger partial charge in [0.05, 0.1) is 10.5 Å². The van der Waals surface area contributed by atoms with Crippen LogP contribution in [0.15, 0.2) is 46.2 Å². The number of nitrogen functional groups attached to an aromatic ring is 1. The molecule has 0 spiro atoms. The van der Waals surface area contributed by atoms with Gasteiger partial charge in [0, 0.05) is 17.1 Å². The van der Waals surface area contributed by atoms with E-state index in [1.807, 2.05) is 0 Å². The normalized spacial score (nSPS) is 10.4. The molecule has 0 aromatic heterocycles. The van der Waals surface area contributed by atoms with Crippen LogP contribution in [0.25, 0.3) is 0 Å². The summed E-state index contributed by atoms with van der Waals surface area (Å²) in [6.45, 7) is 2.27. The number of halogens is 2. The highest BCUT2D eigenvalue weighted by atomic mass is 32.2. The Kier molecular flexibility index (Phi) is 4.80. The summed E-state index contributed by atoms with van der Waals surface area (Å²) in [4.78, 5) is 12.6. The Labute approximate surface area is 125 Å². The molecular formula is C15H14F2N2OS. The first-order valence-electron chi connectivity index (χ1n) is 6.32. The molecule has 0 aliphatic rings. The van der Waals surface area contributed by atoms with Crippen LogP contribution in [-0.4, -0.2) is 12.5 Å². The van der Waals surface area contributed by atoms with E-state index in [1.165, 1.54) is 0 Å². The molecule has 6 heteroatoms. The molecule has 3 nitrogen and oxygen atoms in total. The third-order valence-corrected chi connectivity index (χ3v) is 3.79. The van der Waals surface area contributed by atoms with Crippen LogP contribution in [0.1, 0.15) is 17.3 Å². The average molecular weight is 308 g/mol. The SMILES string of the molecule is CCNC(=O)c1ccc(N)cc1Sc1cc(F)ccc1F. The number of rotatable bonds is 4. The van der Waals surface area contributed by atoms with E-state index in [4.69, 9.17) is 5.73 Å². The van der Waals surface area contributed by atoms with Crippen molar-refractivity contribution in [3.05, 3.63) is 53.6 Å². The van der Waals surface area contributed by atoms with Crippen molar-refractivity contribution in [3.63, 3.8) is 0 Å². The fraction of sp³-hybridized carbons (Fsp3) is 0.133. The fourth-order valence-electron chi connectivity index (χ4n) is 1.74. The van der Waals surface area contributed by atoms with Crippen molar-refractivity contribution >= 4 is 23.4 Å². The van der Waals surface area contributed by atoms with Crippen LogP contribution in [0.2, 0.25) is 0 Å². The molecule has 0 radical (unpaired) electrons. The van der Waals surface area contributed by atoms with E-state index in [0.717, 1.165) is 30.0 Å². The summed E-state index contributed by atoms with van der Waals surface area (Å²) >= 11 is 0.968. The lowest BCUT2D eigenvalue weighted by molar-refractivity contribution is 0.0953. The van der Waals surface area contributed by atoms with Gasteiger partial charge in [0.25, 0.3) is 5.91 Å². The third-order valence-electron chi connectivity index (χ3n) is 2.70. The number of nitrogens with one attached hydrogen (secondary N) is 1. The Hall–Kier alpha value is -2.08. The highest BCUT2D eigenvalue weighted by molar-refractivity contribution is 7.99. The highest BCUT2D eigenvalue weighted by Crippen LogP contribution is 2.34. The molecule has 0 aliphatic heterocycles. The topological polar surface area (TPSA) is 55.1 Å². The zero-order valence-corrected chi connectivity index (χ0v) is 12.1. The highest BCUT2D eigenvalue weighted by Gasteiger charge is 2.14. The first-order valence-corrected chi connectivity index (χ1v) is 7.13. The number of benzene rings is 2. The summed E-state index contributed by atoms with van der Waals surface area (Å²) in [5.74, 6) is -1.37. The van der Waals surface area contributed by atoms with E-state index in [0.29, 0.717) is 22.7 Å². The van der Waals surface area contributed by atoms with Crippen molar-refractivity contribution in [3.8, 4) is 0 Å². The molecule has 0 unspecified atom stereocenters. The summed E-state index contributed by atoms with van der Waals surface area (Å²) in [6, 6.07) is 7.92. The summed E-state index contributed by atoms with van der Waals surface area (Å²) in [5, 5.41) is 2.67. The van der Waals surface area contributed by atoms with Crippen molar-refractivity contribution in [2.45, 2.75) is 16.7 Å². The zero-order valence-electron chi connectivity index (χ0n) is 11.3. The number of hydrogen-bond acceptors (Lipinski definition) is 3. The lowest BCUT2D eigenvalue weighted by Crippen LogP contribution is -2.23. The van der Waals surface area contributed by atoms with Gasteiger partial charge >= 0.3 is 0 Å². The lowest BCUT2D eigenvalue weighted by atomic mass is 10.2. The minimum absolute atomic E-state index is 0.103. The summed E-state index contributed by atoms with van der Waals surface area (Å²) < 4.78 is 26.9. The van der Waals surface area contributed by atoms with E-state index in [-0.39, 0.29) is 10.8 Å². The van der Waals surface area contributed by atoms with Gasteiger partial charge in [0.15, 0.2) is 0 Å². The second-order valence-corrected chi connectivity index (χ2v) is 5.38. The quantitative estimate of drug-likeness (QED) is 0.851. The van der Waals surface area contributed by atoms with Gasteiger partial charge < -0.3 is 11.1 Å². The minimum Gasteiger partial charge on any atom is -0.399 e. The van der Waals surface area contributed by atoms with E-state index in [9.17, 15) is 13.6 Å². The van der Waals surface area contributed by atoms with Gasteiger partial charge in [-0.1, -0.05) is 11.8 Å². The molecule has 0 bridgehead atoms. The molecule has 0 fully saturated rings. The summed E-state index contributed by atoms with van der Waals surface area (Å²) in [6.07, 6.45) is 0. The first-order chi connectivity index (χ1) is 10.0. The number of carbonyl (C=O) groups excluding carboxylic acids is 1. The maximum atomic E-state index is 13.7. The molecule has 2 aromatic rings.